The minimum atomic E-state index is -2.88. The molecular weight excluding hydrogens is 210 g/mol. The van der Waals surface area contributed by atoms with Crippen molar-refractivity contribution in [3.05, 3.63) is 29.8 Å². The van der Waals surface area contributed by atoms with Gasteiger partial charge in [-0.15, -0.1) is 0 Å². The van der Waals surface area contributed by atoms with Crippen molar-refractivity contribution in [2.24, 2.45) is 0 Å². The predicted molar refractivity (Wildman–Crippen MR) is 61.5 cm³/mol. The molecule has 1 saturated carbocycles. The van der Waals surface area contributed by atoms with E-state index in [0.29, 0.717) is 5.69 Å². The van der Waals surface area contributed by atoms with Gasteiger partial charge >= 0.3 is 0 Å². The summed E-state index contributed by atoms with van der Waals surface area (Å²) in [4.78, 5) is 0. The highest BCUT2D eigenvalue weighted by molar-refractivity contribution is 7.92. The van der Waals surface area contributed by atoms with Crippen LogP contribution in [0, 0.1) is 0 Å². The van der Waals surface area contributed by atoms with Gasteiger partial charge in [0.25, 0.3) is 0 Å². The van der Waals surface area contributed by atoms with Crippen LogP contribution in [-0.2, 0) is 9.84 Å². The predicted octanol–water partition coefficient (Wildman–Crippen LogP) is 1.56. The van der Waals surface area contributed by atoms with Crippen molar-refractivity contribution < 1.29 is 8.42 Å². The van der Waals surface area contributed by atoms with Gasteiger partial charge in [-0.3, -0.25) is 0 Å². The lowest BCUT2D eigenvalue weighted by Gasteiger charge is -2.02. The van der Waals surface area contributed by atoms with Crippen LogP contribution in [0.25, 0.3) is 0 Å². The van der Waals surface area contributed by atoms with Crippen LogP contribution in [0.15, 0.2) is 24.3 Å². The maximum absolute atomic E-state index is 11.6. The second-order valence-electron chi connectivity index (χ2n) is 4.00. The Morgan fingerprint density at radius 1 is 1.47 bits per heavy atom. The molecule has 0 spiro atoms. The quantitative estimate of drug-likeness (QED) is 0.794. The summed E-state index contributed by atoms with van der Waals surface area (Å²) >= 11 is 0. The highest BCUT2D eigenvalue weighted by Gasteiger charge is 2.46. The molecule has 0 unspecified atom stereocenters. The largest absolute Gasteiger partial charge is 0.399 e. The average molecular weight is 225 g/mol. The Kier molecular flexibility index (Phi) is 2.46. The van der Waals surface area contributed by atoms with Crippen LogP contribution < -0.4 is 5.73 Å². The maximum atomic E-state index is 11.6. The lowest BCUT2D eigenvalue weighted by molar-refractivity contribution is 0.595. The summed E-state index contributed by atoms with van der Waals surface area (Å²) in [6.45, 7) is 1.70. The van der Waals surface area contributed by atoms with E-state index in [1.807, 2.05) is 24.3 Å². The Hall–Kier alpha value is -1.03. The smallest absolute Gasteiger partial charge is 0.153 e. The highest BCUT2D eigenvalue weighted by atomic mass is 32.2. The Morgan fingerprint density at radius 2 is 2.20 bits per heavy atom. The van der Waals surface area contributed by atoms with Gasteiger partial charge in [-0.1, -0.05) is 19.1 Å². The first-order chi connectivity index (χ1) is 7.04. The first-order valence-corrected chi connectivity index (χ1v) is 6.83. The molecular formula is C11H15NO2S. The van der Waals surface area contributed by atoms with E-state index in [0.717, 1.165) is 12.0 Å². The van der Waals surface area contributed by atoms with Gasteiger partial charge in [0.2, 0.25) is 0 Å². The standard InChI is InChI=1S/C11H15NO2S/c1-2-15(13,14)11-7-10(11)8-4-3-5-9(12)6-8/h3-6,10-11H,2,7,12H2,1H3/t10-,11-/m0/s1. The van der Waals surface area contributed by atoms with Gasteiger partial charge in [-0.25, -0.2) is 8.42 Å². The van der Waals surface area contributed by atoms with E-state index >= 15 is 0 Å². The molecule has 1 fully saturated rings. The third-order valence-electron chi connectivity index (χ3n) is 2.93. The van der Waals surface area contributed by atoms with Crippen LogP contribution in [0.3, 0.4) is 0 Å². The van der Waals surface area contributed by atoms with Crippen molar-refractivity contribution >= 4 is 15.5 Å². The Morgan fingerprint density at radius 3 is 2.80 bits per heavy atom. The summed E-state index contributed by atoms with van der Waals surface area (Å²) in [7, 11) is -2.88. The third kappa shape index (κ3) is 2.00. The Balaban J connectivity index is 2.18. The molecule has 0 bridgehead atoms. The summed E-state index contributed by atoms with van der Waals surface area (Å²) in [5, 5.41) is -0.177. The van der Waals surface area contributed by atoms with Crippen molar-refractivity contribution in [2.75, 3.05) is 11.5 Å². The minimum absolute atomic E-state index is 0.165. The molecule has 1 aliphatic carbocycles. The molecule has 0 aromatic heterocycles. The summed E-state index contributed by atoms with van der Waals surface area (Å²) in [6, 6.07) is 7.51. The lowest BCUT2D eigenvalue weighted by atomic mass is 10.1. The normalized spacial score (nSPS) is 25.1. The fraction of sp³-hybridized carbons (Fsp3) is 0.455. The molecule has 1 aliphatic rings. The van der Waals surface area contributed by atoms with E-state index in [1.54, 1.807) is 6.92 Å². The van der Waals surface area contributed by atoms with Crippen LogP contribution in [-0.4, -0.2) is 19.4 Å². The molecule has 3 nitrogen and oxygen atoms in total. The fourth-order valence-corrected chi connectivity index (χ4v) is 3.51. The second kappa shape index (κ2) is 3.52. The van der Waals surface area contributed by atoms with Crippen molar-refractivity contribution in [1.82, 2.24) is 0 Å². The molecule has 0 heterocycles. The average Bonchev–Trinajstić information content (AvgIpc) is 2.98. The van der Waals surface area contributed by atoms with Crippen LogP contribution in [0.1, 0.15) is 24.8 Å². The number of anilines is 1. The first-order valence-electron chi connectivity index (χ1n) is 5.11. The zero-order valence-corrected chi connectivity index (χ0v) is 9.50. The van der Waals surface area contributed by atoms with Crippen LogP contribution in [0.2, 0.25) is 0 Å². The number of rotatable bonds is 3. The zero-order valence-electron chi connectivity index (χ0n) is 8.68. The number of nitrogen functional groups attached to an aromatic ring is 1. The summed E-state index contributed by atoms with van der Waals surface area (Å²) < 4.78 is 23.2. The van der Waals surface area contributed by atoms with Gasteiger partial charge in [0.1, 0.15) is 0 Å². The van der Waals surface area contributed by atoms with Crippen LogP contribution in [0.4, 0.5) is 5.69 Å². The number of hydrogen-bond acceptors (Lipinski definition) is 3. The fourth-order valence-electron chi connectivity index (χ4n) is 1.92. The van der Waals surface area contributed by atoms with Gasteiger partial charge in [0.15, 0.2) is 9.84 Å². The maximum Gasteiger partial charge on any atom is 0.153 e. The molecule has 4 heteroatoms. The molecule has 82 valence electrons. The van der Waals surface area contributed by atoms with Gasteiger partial charge in [-0.2, -0.15) is 0 Å². The van der Waals surface area contributed by atoms with Crippen molar-refractivity contribution in [3.63, 3.8) is 0 Å². The van der Waals surface area contributed by atoms with E-state index < -0.39 is 9.84 Å². The molecule has 1 aromatic rings. The second-order valence-corrected chi connectivity index (χ2v) is 6.51. The topological polar surface area (TPSA) is 60.2 Å². The first kappa shape index (κ1) is 10.5. The highest BCUT2D eigenvalue weighted by Crippen LogP contribution is 2.46. The number of hydrogen-bond donors (Lipinski definition) is 1. The molecule has 0 radical (unpaired) electrons. The molecule has 0 amide bonds. The van der Waals surface area contributed by atoms with E-state index in [-0.39, 0.29) is 16.9 Å². The molecule has 2 rings (SSSR count). The van der Waals surface area contributed by atoms with Crippen molar-refractivity contribution in [3.8, 4) is 0 Å². The van der Waals surface area contributed by atoms with Gasteiger partial charge in [0, 0.05) is 17.4 Å². The van der Waals surface area contributed by atoms with Crippen LogP contribution >= 0.6 is 0 Å². The molecule has 2 atom stereocenters. The van der Waals surface area contributed by atoms with Gasteiger partial charge in [-0.05, 0) is 24.1 Å². The van der Waals surface area contributed by atoms with Crippen molar-refractivity contribution in [1.29, 1.82) is 0 Å². The Bertz CT molecular complexity index is 467. The molecule has 0 aliphatic heterocycles. The minimum Gasteiger partial charge on any atom is -0.399 e. The summed E-state index contributed by atoms with van der Waals surface area (Å²) in [5.74, 6) is 0.398. The van der Waals surface area contributed by atoms with E-state index in [1.165, 1.54) is 0 Å². The molecule has 2 N–H and O–H groups in total. The SMILES string of the molecule is CCS(=O)(=O)[C@H]1C[C@H]1c1cccc(N)c1. The third-order valence-corrected chi connectivity index (χ3v) is 5.18. The Labute approximate surface area is 90.2 Å². The number of benzene rings is 1. The molecule has 0 saturated heterocycles. The van der Waals surface area contributed by atoms with Crippen molar-refractivity contribution in [2.45, 2.75) is 24.5 Å². The number of nitrogens with two attached hydrogens (primary N) is 1. The van der Waals surface area contributed by atoms with Crippen LogP contribution in [0.5, 0.6) is 0 Å². The van der Waals surface area contributed by atoms with Gasteiger partial charge < -0.3 is 5.73 Å². The summed E-state index contributed by atoms with van der Waals surface area (Å²) in [6.07, 6.45) is 0.750. The van der Waals surface area contributed by atoms with E-state index in [4.69, 9.17) is 5.73 Å². The number of sulfone groups is 1. The van der Waals surface area contributed by atoms with Gasteiger partial charge in [0.05, 0.1) is 5.25 Å². The molecule has 15 heavy (non-hydrogen) atoms. The van der Waals surface area contributed by atoms with E-state index in [2.05, 4.69) is 0 Å². The zero-order chi connectivity index (χ0) is 11.1. The van der Waals surface area contributed by atoms with E-state index in [9.17, 15) is 8.42 Å². The lowest BCUT2D eigenvalue weighted by Crippen LogP contribution is -2.10. The monoisotopic (exact) mass is 225 g/mol. The summed E-state index contributed by atoms with van der Waals surface area (Å²) in [5.41, 5.74) is 7.42. The molecule has 1 aromatic carbocycles.